The molecule has 1 N–H and O–H groups in total. The Balaban J connectivity index is 2.36. The van der Waals surface area contributed by atoms with Crippen molar-refractivity contribution in [3.8, 4) is 0 Å². The van der Waals surface area contributed by atoms with Gasteiger partial charge in [-0.05, 0) is 55.8 Å². The fraction of sp³-hybridized carbons (Fsp3) is 0.250. The Kier molecular flexibility index (Phi) is 4.45. The van der Waals surface area contributed by atoms with Crippen LogP contribution in [0, 0.1) is 24.4 Å². The minimum atomic E-state index is -0.599. The molecule has 0 amide bonds. The number of nitrogens with one attached hydrogen (secondary N) is 1. The van der Waals surface area contributed by atoms with Gasteiger partial charge in [-0.25, -0.2) is 13.2 Å². The summed E-state index contributed by atoms with van der Waals surface area (Å²) in [6, 6.07) is 7.66. The Morgan fingerprint density at radius 2 is 1.70 bits per heavy atom. The lowest BCUT2D eigenvalue weighted by Crippen LogP contribution is -2.22. The monoisotopic (exact) mass is 279 g/mol. The molecule has 1 unspecified atom stereocenters. The third-order valence-electron chi connectivity index (χ3n) is 3.43. The van der Waals surface area contributed by atoms with Crippen molar-refractivity contribution in [1.82, 2.24) is 5.32 Å². The van der Waals surface area contributed by atoms with Gasteiger partial charge in [0.1, 0.15) is 17.5 Å². The number of hydrogen-bond acceptors (Lipinski definition) is 1. The van der Waals surface area contributed by atoms with Crippen molar-refractivity contribution in [2.45, 2.75) is 19.4 Å². The average molecular weight is 279 g/mol. The van der Waals surface area contributed by atoms with Gasteiger partial charge in [-0.2, -0.15) is 0 Å². The van der Waals surface area contributed by atoms with Crippen LogP contribution in [0.4, 0.5) is 13.2 Å². The molecule has 0 heterocycles. The van der Waals surface area contributed by atoms with Gasteiger partial charge in [0.15, 0.2) is 0 Å². The van der Waals surface area contributed by atoms with Crippen LogP contribution >= 0.6 is 0 Å². The van der Waals surface area contributed by atoms with Crippen LogP contribution in [0.3, 0.4) is 0 Å². The van der Waals surface area contributed by atoms with Crippen molar-refractivity contribution in [3.05, 3.63) is 70.5 Å². The van der Waals surface area contributed by atoms with Crippen LogP contribution in [0.25, 0.3) is 0 Å². The third-order valence-corrected chi connectivity index (χ3v) is 3.43. The molecule has 0 fully saturated rings. The lowest BCUT2D eigenvalue weighted by Gasteiger charge is -2.19. The van der Waals surface area contributed by atoms with Crippen molar-refractivity contribution in [1.29, 1.82) is 0 Å². The van der Waals surface area contributed by atoms with E-state index in [9.17, 15) is 13.2 Å². The molecule has 0 aliphatic carbocycles. The SMILES string of the molecule is CNC(Cc1cc(F)ccc1C)c1c(F)cccc1F. The predicted molar refractivity (Wildman–Crippen MR) is 73.0 cm³/mol. The quantitative estimate of drug-likeness (QED) is 0.894. The molecular weight excluding hydrogens is 263 g/mol. The zero-order valence-corrected chi connectivity index (χ0v) is 11.4. The van der Waals surface area contributed by atoms with E-state index >= 15 is 0 Å². The van der Waals surface area contributed by atoms with Gasteiger partial charge in [-0.1, -0.05) is 12.1 Å². The Hall–Kier alpha value is -1.81. The first-order valence-electron chi connectivity index (χ1n) is 6.39. The zero-order valence-electron chi connectivity index (χ0n) is 11.4. The summed E-state index contributed by atoms with van der Waals surface area (Å²) < 4.78 is 40.9. The van der Waals surface area contributed by atoms with Crippen LogP contribution in [0.15, 0.2) is 36.4 Å². The van der Waals surface area contributed by atoms with Gasteiger partial charge < -0.3 is 5.32 Å². The van der Waals surface area contributed by atoms with Gasteiger partial charge in [0.05, 0.1) is 0 Å². The molecule has 0 aromatic heterocycles. The van der Waals surface area contributed by atoms with Gasteiger partial charge >= 0.3 is 0 Å². The fourth-order valence-electron chi connectivity index (χ4n) is 2.27. The van der Waals surface area contributed by atoms with Crippen LogP contribution in [0.2, 0.25) is 0 Å². The molecule has 0 bridgehead atoms. The summed E-state index contributed by atoms with van der Waals surface area (Å²) in [4.78, 5) is 0. The van der Waals surface area contributed by atoms with E-state index in [1.54, 1.807) is 13.1 Å². The van der Waals surface area contributed by atoms with Gasteiger partial charge in [-0.15, -0.1) is 0 Å². The predicted octanol–water partition coefficient (Wildman–Crippen LogP) is 3.92. The maximum Gasteiger partial charge on any atom is 0.130 e. The average Bonchev–Trinajstić information content (AvgIpc) is 2.41. The molecule has 106 valence electrons. The third kappa shape index (κ3) is 3.02. The number of rotatable bonds is 4. The minimum absolute atomic E-state index is 0.0151. The summed E-state index contributed by atoms with van der Waals surface area (Å²) in [6.07, 6.45) is 0.317. The molecule has 0 aliphatic heterocycles. The highest BCUT2D eigenvalue weighted by atomic mass is 19.1. The first-order chi connectivity index (χ1) is 9.52. The standard InChI is InChI=1S/C16H16F3N/c1-10-6-7-12(17)8-11(10)9-15(20-2)16-13(18)4-3-5-14(16)19/h3-8,15,20H,9H2,1-2H3. The number of likely N-dealkylation sites (N-methyl/N-ethyl adjacent to an activating group) is 1. The topological polar surface area (TPSA) is 12.0 Å². The van der Waals surface area contributed by atoms with E-state index in [-0.39, 0.29) is 11.4 Å². The van der Waals surface area contributed by atoms with Crippen LogP contribution in [0.1, 0.15) is 22.7 Å². The van der Waals surface area contributed by atoms with Crippen molar-refractivity contribution >= 4 is 0 Å². The highest BCUT2D eigenvalue weighted by Gasteiger charge is 2.19. The molecule has 1 atom stereocenters. The smallest absolute Gasteiger partial charge is 0.130 e. The van der Waals surface area contributed by atoms with Gasteiger partial charge in [0, 0.05) is 11.6 Å². The molecule has 4 heteroatoms. The molecule has 2 aromatic rings. The fourth-order valence-corrected chi connectivity index (χ4v) is 2.27. The van der Waals surface area contributed by atoms with Crippen LogP contribution in [-0.4, -0.2) is 7.05 Å². The summed E-state index contributed by atoms with van der Waals surface area (Å²) in [6.45, 7) is 1.85. The summed E-state index contributed by atoms with van der Waals surface area (Å²) in [7, 11) is 1.63. The highest BCUT2D eigenvalue weighted by Crippen LogP contribution is 2.25. The van der Waals surface area contributed by atoms with E-state index in [1.165, 1.54) is 30.3 Å². The normalized spacial score (nSPS) is 12.4. The zero-order chi connectivity index (χ0) is 14.7. The Labute approximate surface area is 116 Å². The maximum atomic E-state index is 13.8. The maximum absolute atomic E-state index is 13.8. The Morgan fingerprint density at radius 1 is 1.05 bits per heavy atom. The Bertz CT molecular complexity index is 590. The summed E-state index contributed by atoms with van der Waals surface area (Å²) in [5.74, 6) is -1.55. The molecule has 2 rings (SSSR count). The second kappa shape index (κ2) is 6.09. The largest absolute Gasteiger partial charge is 0.313 e. The minimum Gasteiger partial charge on any atom is -0.313 e. The summed E-state index contributed by atoms with van der Waals surface area (Å²) in [5.41, 5.74) is 1.61. The van der Waals surface area contributed by atoms with E-state index < -0.39 is 17.7 Å². The Morgan fingerprint density at radius 3 is 2.30 bits per heavy atom. The molecule has 20 heavy (non-hydrogen) atoms. The van der Waals surface area contributed by atoms with Crippen LogP contribution in [-0.2, 0) is 6.42 Å². The van der Waals surface area contributed by atoms with E-state index in [1.807, 2.05) is 6.92 Å². The summed E-state index contributed by atoms with van der Waals surface area (Å²) >= 11 is 0. The van der Waals surface area contributed by atoms with Crippen LogP contribution in [0.5, 0.6) is 0 Å². The second-order valence-electron chi connectivity index (χ2n) is 4.75. The van der Waals surface area contributed by atoms with E-state index in [0.29, 0.717) is 6.42 Å². The van der Waals surface area contributed by atoms with Crippen molar-refractivity contribution in [2.75, 3.05) is 7.05 Å². The van der Waals surface area contributed by atoms with Crippen LogP contribution < -0.4 is 5.32 Å². The summed E-state index contributed by atoms with van der Waals surface area (Å²) in [5, 5.41) is 2.89. The van der Waals surface area contributed by atoms with Gasteiger partial charge in [0.25, 0.3) is 0 Å². The number of hydrogen-bond donors (Lipinski definition) is 1. The molecule has 2 aromatic carbocycles. The first-order valence-corrected chi connectivity index (χ1v) is 6.39. The molecule has 0 saturated heterocycles. The van der Waals surface area contributed by atoms with Crippen molar-refractivity contribution in [3.63, 3.8) is 0 Å². The number of halogens is 3. The van der Waals surface area contributed by atoms with Gasteiger partial charge in [0.2, 0.25) is 0 Å². The molecule has 1 nitrogen and oxygen atoms in total. The van der Waals surface area contributed by atoms with Gasteiger partial charge in [-0.3, -0.25) is 0 Å². The molecular formula is C16H16F3N. The lowest BCUT2D eigenvalue weighted by molar-refractivity contribution is 0.488. The van der Waals surface area contributed by atoms with E-state index in [0.717, 1.165) is 11.1 Å². The molecule has 0 radical (unpaired) electrons. The lowest BCUT2D eigenvalue weighted by atomic mass is 9.95. The van der Waals surface area contributed by atoms with Crippen molar-refractivity contribution in [2.24, 2.45) is 0 Å². The number of aryl methyl sites for hydroxylation is 1. The van der Waals surface area contributed by atoms with E-state index in [2.05, 4.69) is 5.32 Å². The van der Waals surface area contributed by atoms with E-state index in [4.69, 9.17) is 0 Å². The first kappa shape index (κ1) is 14.6. The molecule has 0 saturated carbocycles. The van der Waals surface area contributed by atoms with Crippen molar-refractivity contribution < 1.29 is 13.2 Å². The highest BCUT2D eigenvalue weighted by molar-refractivity contribution is 5.31. The molecule has 0 aliphatic rings. The second-order valence-corrected chi connectivity index (χ2v) is 4.75. The number of benzene rings is 2. The molecule has 0 spiro atoms.